The van der Waals surface area contributed by atoms with Crippen molar-refractivity contribution < 1.29 is 9.84 Å². The van der Waals surface area contributed by atoms with Crippen molar-refractivity contribution in [1.82, 2.24) is 19.4 Å². The molecule has 3 aromatic rings. The van der Waals surface area contributed by atoms with Crippen molar-refractivity contribution in [3.63, 3.8) is 0 Å². The van der Waals surface area contributed by atoms with E-state index in [1.807, 2.05) is 18.2 Å². The first-order valence-electron chi connectivity index (χ1n) is 10.3. The number of nitrogens with zero attached hydrogens (tertiary/aromatic N) is 5. The molecule has 0 amide bonds. The lowest BCUT2D eigenvalue weighted by Gasteiger charge is -2.35. The molecule has 2 aromatic heterocycles. The van der Waals surface area contributed by atoms with Crippen molar-refractivity contribution in [3.8, 4) is 0 Å². The van der Waals surface area contributed by atoms with E-state index in [2.05, 4.69) is 14.8 Å². The van der Waals surface area contributed by atoms with Gasteiger partial charge < -0.3 is 14.7 Å². The van der Waals surface area contributed by atoms with Crippen molar-refractivity contribution in [3.05, 3.63) is 50.5 Å². The normalized spacial score (nSPS) is 17.4. The lowest BCUT2D eigenvalue weighted by atomic mass is 10.2. The number of aromatic nitrogens is 3. The minimum atomic E-state index is -0.109. The number of thiazole rings is 1. The molecule has 0 unspecified atom stereocenters. The van der Waals surface area contributed by atoms with Crippen LogP contribution in [0.3, 0.4) is 0 Å². The molecule has 0 atom stereocenters. The van der Waals surface area contributed by atoms with Crippen LogP contribution in [0, 0.1) is 0 Å². The fourth-order valence-electron chi connectivity index (χ4n) is 4.11. The number of aliphatic hydroxyl groups is 1. The number of anilines is 1. The summed E-state index contributed by atoms with van der Waals surface area (Å²) in [5, 5.41) is 10.9. The van der Waals surface area contributed by atoms with E-state index < -0.39 is 0 Å². The monoisotopic (exact) mass is 427 g/mol. The van der Waals surface area contributed by atoms with Crippen LogP contribution < -0.4 is 10.5 Å². The molecule has 8 nitrogen and oxygen atoms in total. The summed E-state index contributed by atoms with van der Waals surface area (Å²) in [6, 6.07) is 5.84. The highest BCUT2D eigenvalue weighted by atomic mass is 32.1. The quantitative estimate of drug-likeness (QED) is 0.656. The van der Waals surface area contributed by atoms with E-state index in [0.717, 1.165) is 51.4 Å². The molecule has 2 aliphatic heterocycles. The molecule has 2 aliphatic rings. The van der Waals surface area contributed by atoms with E-state index in [1.54, 1.807) is 11.3 Å². The number of rotatable bonds is 5. The Bertz CT molecular complexity index is 1080. The van der Waals surface area contributed by atoms with Crippen LogP contribution in [0.5, 0.6) is 0 Å². The predicted molar refractivity (Wildman–Crippen MR) is 116 cm³/mol. The molecular weight excluding hydrogens is 402 g/mol. The van der Waals surface area contributed by atoms with Crippen LogP contribution in [0.1, 0.15) is 15.6 Å². The van der Waals surface area contributed by atoms with Gasteiger partial charge >= 0.3 is 0 Å². The van der Waals surface area contributed by atoms with E-state index in [0.29, 0.717) is 17.5 Å². The Morgan fingerprint density at radius 1 is 1.20 bits per heavy atom. The Labute approximate surface area is 178 Å². The third kappa shape index (κ3) is 3.85. The second-order valence-electron chi connectivity index (χ2n) is 7.71. The third-order valence-corrected chi connectivity index (χ3v) is 6.84. The van der Waals surface area contributed by atoms with E-state index in [1.165, 1.54) is 26.5 Å². The van der Waals surface area contributed by atoms with Crippen LogP contribution >= 0.6 is 11.3 Å². The van der Waals surface area contributed by atoms with Gasteiger partial charge in [-0.2, -0.15) is 0 Å². The molecule has 0 radical (unpaired) electrons. The first kappa shape index (κ1) is 19.6. The number of ether oxygens (including phenoxy) is 1. The molecule has 1 fully saturated rings. The first-order valence-corrected chi connectivity index (χ1v) is 11.2. The second kappa shape index (κ2) is 8.43. The number of hydrogen-bond acceptors (Lipinski definition) is 8. The summed E-state index contributed by atoms with van der Waals surface area (Å²) in [7, 11) is 0. The molecular formula is C21H25N5O3S. The molecule has 0 saturated carbocycles. The standard InChI is InChI=1S/C21H25N5O3S/c27-9-8-26-14-22-18-11-15(1-2-16(18)21(26)28)25-6-4-24(5-7-25)12-20-23-17-3-10-29-13-19(17)30-20/h1-2,11,14,27H,3-10,12-13H2. The average molecular weight is 428 g/mol. The van der Waals surface area contributed by atoms with Crippen LogP contribution in [0.2, 0.25) is 0 Å². The Morgan fingerprint density at radius 2 is 2.07 bits per heavy atom. The minimum Gasteiger partial charge on any atom is -0.395 e. The summed E-state index contributed by atoms with van der Waals surface area (Å²) in [5.74, 6) is 0. The average Bonchev–Trinajstić information content (AvgIpc) is 3.18. The maximum absolute atomic E-state index is 12.5. The van der Waals surface area contributed by atoms with Crippen LogP contribution in [0.4, 0.5) is 5.69 Å². The van der Waals surface area contributed by atoms with Crippen molar-refractivity contribution in [2.75, 3.05) is 44.3 Å². The van der Waals surface area contributed by atoms with Crippen LogP contribution in [0.25, 0.3) is 10.9 Å². The molecule has 158 valence electrons. The minimum absolute atomic E-state index is 0.0765. The second-order valence-corrected chi connectivity index (χ2v) is 8.88. The molecule has 0 spiro atoms. The Balaban J connectivity index is 1.25. The molecule has 1 aromatic carbocycles. The van der Waals surface area contributed by atoms with Crippen LogP contribution in [-0.4, -0.2) is 63.9 Å². The van der Waals surface area contributed by atoms with Crippen molar-refractivity contribution >= 4 is 27.9 Å². The maximum Gasteiger partial charge on any atom is 0.261 e. The summed E-state index contributed by atoms with van der Waals surface area (Å²) in [6.07, 6.45) is 2.45. The van der Waals surface area contributed by atoms with Crippen LogP contribution in [-0.2, 0) is 30.9 Å². The number of aliphatic hydroxyl groups excluding tert-OH is 1. The lowest BCUT2D eigenvalue weighted by molar-refractivity contribution is 0.112. The smallest absolute Gasteiger partial charge is 0.261 e. The molecule has 30 heavy (non-hydrogen) atoms. The molecule has 0 aliphatic carbocycles. The van der Waals surface area contributed by atoms with Gasteiger partial charge in [0.2, 0.25) is 0 Å². The fourth-order valence-corrected chi connectivity index (χ4v) is 5.21. The zero-order valence-electron chi connectivity index (χ0n) is 16.8. The van der Waals surface area contributed by atoms with E-state index >= 15 is 0 Å². The fraction of sp³-hybridized carbons (Fsp3) is 0.476. The summed E-state index contributed by atoms with van der Waals surface area (Å²) in [4.78, 5) is 27.8. The van der Waals surface area contributed by atoms with Gasteiger partial charge in [-0.3, -0.25) is 14.3 Å². The highest BCUT2D eigenvalue weighted by Crippen LogP contribution is 2.25. The van der Waals surface area contributed by atoms with Gasteiger partial charge in [0.05, 0.1) is 60.7 Å². The Kier molecular flexibility index (Phi) is 5.51. The lowest BCUT2D eigenvalue weighted by Crippen LogP contribution is -2.46. The first-order chi connectivity index (χ1) is 14.7. The van der Waals surface area contributed by atoms with E-state index in [9.17, 15) is 4.79 Å². The Morgan fingerprint density at radius 3 is 2.87 bits per heavy atom. The van der Waals surface area contributed by atoms with Gasteiger partial charge in [0, 0.05) is 38.3 Å². The highest BCUT2D eigenvalue weighted by Gasteiger charge is 2.21. The number of fused-ring (bicyclic) bond motifs is 2. The van der Waals surface area contributed by atoms with Gasteiger partial charge in [-0.1, -0.05) is 0 Å². The van der Waals surface area contributed by atoms with Crippen LogP contribution in [0.15, 0.2) is 29.3 Å². The van der Waals surface area contributed by atoms with Gasteiger partial charge in [-0.05, 0) is 18.2 Å². The molecule has 1 saturated heterocycles. The maximum atomic E-state index is 12.5. The van der Waals surface area contributed by atoms with Gasteiger partial charge in [-0.15, -0.1) is 11.3 Å². The molecule has 4 heterocycles. The Hall–Kier alpha value is -2.33. The van der Waals surface area contributed by atoms with E-state index in [-0.39, 0.29) is 18.7 Å². The van der Waals surface area contributed by atoms with Gasteiger partial charge in [0.1, 0.15) is 5.01 Å². The number of hydrogen-bond donors (Lipinski definition) is 1. The van der Waals surface area contributed by atoms with E-state index in [4.69, 9.17) is 14.8 Å². The summed E-state index contributed by atoms with van der Waals surface area (Å²) in [5.41, 5.74) is 2.91. The topological polar surface area (TPSA) is 83.7 Å². The highest BCUT2D eigenvalue weighted by molar-refractivity contribution is 7.11. The van der Waals surface area contributed by atoms with Crippen molar-refractivity contribution in [2.45, 2.75) is 26.1 Å². The summed E-state index contributed by atoms with van der Waals surface area (Å²) >= 11 is 1.79. The SMILES string of the molecule is O=c1c2ccc(N3CCN(Cc4nc5c(s4)COCC5)CC3)cc2ncn1CCO. The molecule has 1 N–H and O–H groups in total. The van der Waals surface area contributed by atoms with Gasteiger partial charge in [0.15, 0.2) is 0 Å². The zero-order valence-corrected chi connectivity index (χ0v) is 17.6. The predicted octanol–water partition coefficient (Wildman–Crippen LogP) is 1.24. The summed E-state index contributed by atoms with van der Waals surface area (Å²) < 4.78 is 6.98. The zero-order chi connectivity index (χ0) is 20.5. The molecule has 9 heteroatoms. The molecule has 0 bridgehead atoms. The van der Waals surface area contributed by atoms with Crippen molar-refractivity contribution in [1.29, 1.82) is 0 Å². The third-order valence-electron chi connectivity index (χ3n) is 5.78. The molecule has 5 rings (SSSR count). The van der Waals surface area contributed by atoms with Gasteiger partial charge in [-0.25, -0.2) is 9.97 Å². The van der Waals surface area contributed by atoms with Crippen molar-refractivity contribution in [2.24, 2.45) is 0 Å². The largest absolute Gasteiger partial charge is 0.395 e. The summed E-state index contributed by atoms with van der Waals surface area (Å²) in [6.45, 7) is 6.40. The number of piperazine rings is 1. The number of benzene rings is 1. The van der Waals surface area contributed by atoms with Gasteiger partial charge in [0.25, 0.3) is 5.56 Å².